The van der Waals surface area contributed by atoms with E-state index in [0.29, 0.717) is 12.1 Å². The van der Waals surface area contributed by atoms with E-state index < -0.39 is 0 Å². The summed E-state index contributed by atoms with van der Waals surface area (Å²) < 4.78 is 9.80. The largest absolute Gasteiger partial charge is 0.378 e. The third kappa shape index (κ3) is 4.23. The molecule has 0 spiro atoms. The second kappa shape index (κ2) is 7.92. The summed E-state index contributed by atoms with van der Waals surface area (Å²) in [5.74, 6) is 0. The van der Waals surface area contributed by atoms with Gasteiger partial charge in [-0.25, -0.2) is 0 Å². The quantitative estimate of drug-likeness (QED) is 0.796. The minimum Gasteiger partial charge on any atom is -0.378 e. The smallest absolute Gasteiger partial charge is 0.0800 e. The summed E-state index contributed by atoms with van der Waals surface area (Å²) in [7, 11) is 0. The van der Waals surface area contributed by atoms with Gasteiger partial charge in [-0.1, -0.05) is 18.3 Å². The maximum atomic E-state index is 5.69. The summed E-state index contributed by atoms with van der Waals surface area (Å²) in [6.07, 6.45) is 7.52. The van der Waals surface area contributed by atoms with Crippen molar-refractivity contribution in [2.45, 2.75) is 64.5 Å². The van der Waals surface area contributed by atoms with E-state index in [1.807, 2.05) is 0 Å². The van der Waals surface area contributed by atoms with Crippen molar-refractivity contribution >= 4 is 11.5 Å². The molecule has 1 aliphatic heterocycles. The first-order valence-corrected chi connectivity index (χ1v) is 8.28. The van der Waals surface area contributed by atoms with Crippen LogP contribution < -0.4 is 5.32 Å². The number of hydrogen-bond donors (Lipinski definition) is 1. The second-order valence-electron chi connectivity index (χ2n) is 5.11. The minimum atomic E-state index is 0.418. The Balaban J connectivity index is 1.85. The molecule has 1 saturated heterocycles. The van der Waals surface area contributed by atoms with Crippen molar-refractivity contribution < 1.29 is 4.74 Å². The lowest BCUT2D eigenvalue weighted by Crippen LogP contribution is -2.21. The van der Waals surface area contributed by atoms with Crippen molar-refractivity contribution in [2.24, 2.45) is 0 Å². The molecule has 0 radical (unpaired) electrons. The number of hydrogen-bond acceptors (Lipinski definition) is 5. The molecular formula is C14H25N3OS. The van der Waals surface area contributed by atoms with E-state index >= 15 is 0 Å². The maximum Gasteiger partial charge on any atom is 0.0800 e. The fourth-order valence-electron chi connectivity index (χ4n) is 2.72. The van der Waals surface area contributed by atoms with E-state index in [9.17, 15) is 0 Å². The molecule has 0 amide bonds. The van der Waals surface area contributed by atoms with Crippen LogP contribution in [-0.2, 0) is 11.2 Å². The highest BCUT2D eigenvalue weighted by molar-refractivity contribution is 7.05. The number of nitrogens with zero attached hydrogens (tertiary/aromatic N) is 2. The molecule has 108 valence electrons. The Morgan fingerprint density at radius 2 is 2.37 bits per heavy atom. The van der Waals surface area contributed by atoms with Gasteiger partial charge in [0, 0.05) is 12.6 Å². The van der Waals surface area contributed by atoms with E-state index in [1.54, 1.807) is 11.5 Å². The summed E-state index contributed by atoms with van der Waals surface area (Å²) in [5, 5.41) is 7.80. The Labute approximate surface area is 120 Å². The molecule has 1 aromatic heterocycles. The highest BCUT2D eigenvalue weighted by atomic mass is 32.1. The van der Waals surface area contributed by atoms with Crippen molar-refractivity contribution in [3.8, 4) is 0 Å². The molecule has 5 heteroatoms. The SMILES string of the molecule is CCNC(CCCC1CCCO1)c1snnc1CC. The fourth-order valence-corrected chi connectivity index (χ4v) is 3.57. The van der Waals surface area contributed by atoms with Gasteiger partial charge >= 0.3 is 0 Å². The van der Waals surface area contributed by atoms with Crippen LogP contribution >= 0.6 is 11.5 Å². The van der Waals surface area contributed by atoms with Gasteiger partial charge in [-0.2, -0.15) is 0 Å². The number of aromatic nitrogens is 2. The van der Waals surface area contributed by atoms with Crippen LogP contribution in [-0.4, -0.2) is 28.8 Å². The molecule has 0 aromatic carbocycles. The van der Waals surface area contributed by atoms with Crippen molar-refractivity contribution in [3.63, 3.8) is 0 Å². The van der Waals surface area contributed by atoms with Crippen LogP contribution in [0.2, 0.25) is 0 Å². The average Bonchev–Trinajstić information content (AvgIpc) is 3.08. The van der Waals surface area contributed by atoms with E-state index in [2.05, 4.69) is 28.8 Å². The summed E-state index contributed by atoms with van der Waals surface area (Å²) in [4.78, 5) is 1.33. The Morgan fingerprint density at radius 1 is 1.47 bits per heavy atom. The number of nitrogens with one attached hydrogen (secondary N) is 1. The Morgan fingerprint density at radius 3 is 3.05 bits per heavy atom. The van der Waals surface area contributed by atoms with Gasteiger partial charge in [-0.15, -0.1) is 5.10 Å². The molecule has 0 aliphatic carbocycles. The van der Waals surface area contributed by atoms with Crippen molar-refractivity contribution in [3.05, 3.63) is 10.6 Å². The lowest BCUT2D eigenvalue weighted by atomic mass is 10.0. The van der Waals surface area contributed by atoms with Gasteiger partial charge in [0.05, 0.1) is 16.7 Å². The normalized spacial score (nSPS) is 20.8. The van der Waals surface area contributed by atoms with Crippen molar-refractivity contribution in [1.29, 1.82) is 0 Å². The van der Waals surface area contributed by atoms with Crippen LogP contribution in [0.15, 0.2) is 0 Å². The zero-order valence-electron chi connectivity index (χ0n) is 12.0. The molecule has 19 heavy (non-hydrogen) atoms. The number of ether oxygens (including phenoxy) is 1. The van der Waals surface area contributed by atoms with Crippen LogP contribution in [0.25, 0.3) is 0 Å². The zero-order valence-corrected chi connectivity index (χ0v) is 12.8. The van der Waals surface area contributed by atoms with Gasteiger partial charge in [0.2, 0.25) is 0 Å². The van der Waals surface area contributed by atoms with E-state index in [4.69, 9.17) is 4.74 Å². The molecule has 1 aromatic rings. The highest BCUT2D eigenvalue weighted by Gasteiger charge is 2.19. The second-order valence-corrected chi connectivity index (χ2v) is 5.90. The summed E-state index contributed by atoms with van der Waals surface area (Å²) in [5.41, 5.74) is 1.16. The first-order valence-electron chi connectivity index (χ1n) is 7.51. The summed E-state index contributed by atoms with van der Waals surface area (Å²) in [6, 6.07) is 0.418. The zero-order chi connectivity index (χ0) is 13.5. The van der Waals surface area contributed by atoms with Crippen molar-refractivity contribution in [2.75, 3.05) is 13.2 Å². The van der Waals surface area contributed by atoms with Gasteiger partial charge in [-0.05, 0) is 56.6 Å². The van der Waals surface area contributed by atoms with Gasteiger partial charge in [0.15, 0.2) is 0 Å². The highest BCUT2D eigenvalue weighted by Crippen LogP contribution is 2.27. The van der Waals surface area contributed by atoms with Gasteiger partial charge in [-0.3, -0.25) is 0 Å². The van der Waals surface area contributed by atoms with E-state index in [1.165, 1.54) is 30.6 Å². The molecule has 4 nitrogen and oxygen atoms in total. The van der Waals surface area contributed by atoms with Crippen LogP contribution in [0.3, 0.4) is 0 Å². The molecule has 2 unspecified atom stereocenters. The molecule has 1 aliphatic rings. The summed E-state index contributed by atoms with van der Waals surface area (Å²) >= 11 is 1.55. The first-order chi connectivity index (χ1) is 9.35. The predicted molar refractivity (Wildman–Crippen MR) is 78.5 cm³/mol. The maximum absolute atomic E-state index is 5.69. The standard InChI is InChI=1S/C14H25N3OS/c1-3-12-14(19-17-16-12)13(15-4-2)9-5-7-11-8-6-10-18-11/h11,13,15H,3-10H2,1-2H3. The lowest BCUT2D eigenvalue weighted by Gasteiger charge is -2.18. The van der Waals surface area contributed by atoms with E-state index in [-0.39, 0.29) is 0 Å². The molecule has 0 bridgehead atoms. The third-order valence-electron chi connectivity index (χ3n) is 3.73. The van der Waals surface area contributed by atoms with Crippen molar-refractivity contribution in [1.82, 2.24) is 14.9 Å². The molecule has 2 heterocycles. The molecule has 2 rings (SSSR count). The van der Waals surface area contributed by atoms with Gasteiger partial charge in [0.1, 0.15) is 0 Å². The molecule has 0 saturated carbocycles. The molecule has 1 fully saturated rings. The van der Waals surface area contributed by atoms with Crippen LogP contribution in [0.1, 0.15) is 62.6 Å². The Hall–Kier alpha value is -0.520. The predicted octanol–water partition coefficient (Wildman–Crippen LogP) is 3.10. The molecule has 1 N–H and O–H groups in total. The molecule has 2 atom stereocenters. The van der Waals surface area contributed by atoms with Crippen LogP contribution in [0.5, 0.6) is 0 Å². The van der Waals surface area contributed by atoms with Crippen LogP contribution in [0, 0.1) is 0 Å². The minimum absolute atomic E-state index is 0.418. The van der Waals surface area contributed by atoms with Gasteiger partial charge < -0.3 is 10.1 Å². The average molecular weight is 283 g/mol. The first kappa shape index (κ1) is 14.9. The van der Waals surface area contributed by atoms with Gasteiger partial charge in [0.25, 0.3) is 0 Å². The summed E-state index contributed by atoms with van der Waals surface area (Å²) in [6.45, 7) is 6.26. The Kier molecular flexibility index (Phi) is 6.20. The molecular weight excluding hydrogens is 258 g/mol. The van der Waals surface area contributed by atoms with E-state index in [0.717, 1.165) is 31.7 Å². The topological polar surface area (TPSA) is 47.0 Å². The van der Waals surface area contributed by atoms with Crippen LogP contribution in [0.4, 0.5) is 0 Å². The number of rotatable bonds is 8. The monoisotopic (exact) mass is 283 g/mol. The third-order valence-corrected chi connectivity index (χ3v) is 4.61. The fraction of sp³-hybridized carbons (Fsp3) is 0.857. The number of aryl methyl sites for hydroxylation is 1. The lowest BCUT2D eigenvalue weighted by molar-refractivity contribution is 0.101. The Bertz CT molecular complexity index is 363.